The molecule has 0 bridgehead atoms. The lowest BCUT2D eigenvalue weighted by atomic mass is 9.99. The minimum absolute atomic E-state index is 0.0115. The molecule has 4 aromatic rings. The molecule has 2 N–H and O–H groups in total. The second-order valence-corrected chi connectivity index (χ2v) is 9.68. The molecule has 1 fully saturated rings. The number of hydrogen-bond donors (Lipinski definition) is 2. The number of hydrogen-bond acceptors (Lipinski definition) is 7. The number of fused-ring (bicyclic) bond motifs is 5. The predicted octanol–water partition coefficient (Wildman–Crippen LogP) is 2.70. The van der Waals surface area contributed by atoms with E-state index in [9.17, 15) is 14.0 Å². The van der Waals surface area contributed by atoms with Crippen LogP contribution >= 0.6 is 0 Å². The summed E-state index contributed by atoms with van der Waals surface area (Å²) in [6, 6.07) is 10.0. The number of carbonyl (C=O) groups is 2. The highest BCUT2D eigenvalue weighted by Gasteiger charge is 2.36. The van der Waals surface area contributed by atoms with Gasteiger partial charge in [0.25, 0.3) is 5.91 Å². The number of benzene rings is 1. The summed E-state index contributed by atoms with van der Waals surface area (Å²) in [4.78, 5) is 38.8. The van der Waals surface area contributed by atoms with Gasteiger partial charge >= 0.3 is 0 Å². The molecular formula is C27H24FN7O3. The number of aromatic nitrogens is 3. The molecule has 3 aliphatic heterocycles. The number of carbonyl (C=O) groups excluding carboxylic acids is 2. The molecule has 2 amide bonds. The first-order valence-corrected chi connectivity index (χ1v) is 12.4. The predicted molar refractivity (Wildman–Crippen MR) is 138 cm³/mol. The number of ether oxygens (including phenoxy) is 1. The van der Waals surface area contributed by atoms with Crippen molar-refractivity contribution >= 4 is 34.7 Å². The van der Waals surface area contributed by atoms with Crippen molar-refractivity contribution < 1.29 is 18.7 Å². The topological polar surface area (TPSA) is 104 Å². The summed E-state index contributed by atoms with van der Waals surface area (Å²) < 4.78 is 21.1. The average molecular weight is 514 g/mol. The smallest absolute Gasteiger partial charge is 0.254 e. The fourth-order valence-corrected chi connectivity index (χ4v) is 5.58. The molecule has 192 valence electrons. The number of morpholine rings is 1. The summed E-state index contributed by atoms with van der Waals surface area (Å²) in [5.41, 5.74) is 5.82. The largest absolute Gasteiger partial charge is 0.377 e. The van der Waals surface area contributed by atoms with Crippen LogP contribution in [-0.4, -0.2) is 63.9 Å². The highest BCUT2D eigenvalue weighted by atomic mass is 19.1. The van der Waals surface area contributed by atoms with Gasteiger partial charge in [0.1, 0.15) is 23.3 Å². The Morgan fingerprint density at radius 2 is 2.08 bits per heavy atom. The van der Waals surface area contributed by atoms with Gasteiger partial charge in [0.05, 0.1) is 54.3 Å². The van der Waals surface area contributed by atoms with Gasteiger partial charge in [-0.15, -0.1) is 0 Å². The SMILES string of the molecule is CN1Cc2nc(Nc3ccc(-c4cnc5cc(F)ccn45)c4c3C(=O)NC4)ccc2N2CCOC[C@@H]2C1=O. The molecule has 6 heterocycles. The highest BCUT2D eigenvalue weighted by Crippen LogP contribution is 2.36. The van der Waals surface area contributed by atoms with E-state index in [1.54, 1.807) is 28.7 Å². The van der Waals surface area contributed by atoms with Crippen molar-refractivity contribution in [1.82, 2.24) is 24.6 Å². The molecule has 3 aliphatic rings. The fraction of sp³-hybridized carbons (Fsp3) is 0.259. The summed E-state index contributed by atoms with van der Waals surface area (Å²) >= 11 is 0. The van der Waals surface area contributed by atoms with E-state index in [1.165, 1.54) is 12.1 Å². The average Bonchev–Trinajstić information content (AvgIpc) is 3.49. The number of rotatable bonds is 3. The summed E-state index contributed by atoms with van der Waals surface area (Å²) in [5.74, 6) is 0.0540. The Labute approximate surface area is 217 Å². The van der Waals surface area contributed by atoms with E-state index in [4.69, 9.17) is 9.72 Å². The molecule has 1 aromatic carbocycles. The van der Waals surface area contributed by atoms with E-state index in [-0.39, 0.29) is 23.7 Å². The van der Waals surface area contributed by atoms with Crippen molar-refractivity contribution in [1.29, 1.82) is 0 Å². The van der Waals surface area contributed by atoms with Crippen LogP contribution in [0.15, 0.2) is 48.8 Å². The van der Waals surface area contributed by atoms with Crippen LogP contribution in [0.3, 0.4) is 0 Å². The third kappa shape index (κ3) is 3.50. The fourth-order valence-electron chi connectivity index (χ4n) is 5.58. The molecule has 3 aromatic heterocycles. The van der Waals surface area contributed by atoms with Gasteiger partial charge in [-0.1, -0.05) is 6.07 Å². The normalized spacial score (nSPS) is 18.6. The van der Waals surface area contributed by atoms with Gasteiger partial charge in [0, 0.05) is 38.0 Å². The molecule has 0 spiro atoms. The number of nitrogens with one attached hydrogen (secondary N) is 2. The lowest BCUT2D eigenvalue weighted by Gasteiger charge is -2.35. The van der Waals surface area contributed by atoms with Crippen molar-refractivity contribution in [3.8, 4) is 11.3 Å². The van der Waals surface area contributed by atoms with E-state index in [0.29, 0.717) is 55.6 Å². The number of likely N-dealkylation sites (N-methyl/N-ethyl adjacent to an activating group) is 1. The molecule has 38 heavy (non-hydrogen) atoms. The van der Waals surface area contributed by atoms with E-state index in [1.807, 2.05) is 24.3 Å². The van der Waals surface area contributed by atoms with Crippen molar-refractivity contribution in [3.05, 3.63) is 71.4 Å². The first-order chi connectivity index (χ1) is 18.5. The van der Waals surface area contributed by atoms with E-state index < -0.39 is 0 Å². The van der Waals surface area contributed by atoms with Gasteiger partial charge in [-0.25, -0.2) is 14.4 Å². The quantitative estimate of drug-likeness (QED) is 0.434. The van der Waals surface area contributed by atoms with Crippen LogP contribution in [-0.2, 0) is 22.6 Å². The van der Waals surface area contributed by atoms with E-state index in [0.717, 1.165) is 28.2 Å². The van der Waals surface area contributed by atoms with Gasteiger partial charge in [-0.05, 0) is 29.8 Å². The van der Waals surface area contributed by atoms with Gasteiger partial charge < -0.3 is 25.2 Å². The maximum Gasteiger partial charge on any atom is 0.254 e. The van der Waals surface area contributed by atoms with E-state index >= 15 is 0 Å². The minimum atomic E-state index is -0.357. The highest BCUT2D eigenvalue weighted by molar-refractivity contribution is 6.06. The van der Waals surface area contributed by atoms with Crippen LogP contribution in [0.25, 0.3) is 16.9 Å². The van der Waals surface area contributed by atoms with Crippen LogP contribution in [0, 0.1) is 5.82 Å². The first kappa shape index (κ1) is 22.7. The first-order valence-electron chi connectivity index (χ1n) is 12.4. The summed E-state index contributed by atoms with van der Waals surface area (Å²) in [6.07, 6.45) is 3.32. The van der Waals surface area contributed by atoms with Gasteiger partial charge in [-0.2, -0.15) is 0 Å². The Bertz CT molecular complexity index is 1630. The number of halogens is 1. The van der Waals surface area contributed by atoms with Crippen molar-refractivity contribution in [2.75, 3.05) is 37.0 Å². The Kier molecular flexibility index (Phi) is 5.08. The van der Waals surface area contributed by atoms with Gasteiger partial charge in [0.2, 0.25) is 5.91 Å². The van der Waals surface area contributed by atoms with Crippen LogP contribution in [0.2, 0.25) is 0 Å². The lowest BCUT2D eigenvalue weighted by molar-refractivity contribution is -0.133. The Hall–Kier alpha value is -4.51. The number of amides is 2. The minimum Gasteiger partial charge on any atom is -0.377 e. The molecule has 0 aliphatic carbocycles. The maximum atomic E-state index is 13.7. The standard InChI is InChI=1S/C27H24FN7O3/c1-33-13-19-20(34-8-9-38-14-22(34)27(33)37)4-5-23(32-19)31-18-3-2-16(17-11-30-26(36)25(17)18)21-12-29-24-10-15(28)6-7-35(21)24/h2-7,10,12,22H,8-9,11,13-14H2,1H3,(H,30,36)(H,31,32)/t22-/m1/s1. The Morgan fingerprint density at radius 1 is 1.18 bits per heavy atom. The number of nitrogens with zero attached hydrogens (tertiary/aromatic N) is 5. The molecule has 0 unspecified atom stereocenters. The summed E-state index contributed by atoms with van der Waals surface area (Å²) in [7, 11) is 1.77. The molecule has 11 heteroatoms. The van der Waals surface area contributed by atoms with Crippen LogP contribution in [0.1, 0.15) is 21.6 Å². The number of imidazole rings is 1. The molecule has 7 rings (SSSR count). The van der Waals surface area contributed by atoms with E-state index in [2.05, 4.69) is 20.5 Å². The van der Waals surface area contributed by atoms with Crippen LogP contribution in [0.5, 0.6) is 0 Å². The van der Waals surface area contributed by atoms with Crippen molar-refractivity contribution in [2.24, 2.45) is 0 Å². The second-order valence-electron chi connectivity index (χ2n) is 9.68. The molecule has 0 saturated carbocycles. The van der Waals surface area contributed by atoms with Gasteiger partial charge in [0.15, 0.2) is 0 Å². The molecule has 0 radical (unpaired) electrons. The number of anilines is 3. The Balaban J connectivity index is 1.26. The second kappa shape index (κ2) is 8.52. The monoisotopic (exact) mass is 513 g/mol. The van der Waals surface area contributed by atoms with Crippen molar-refractivity contribution in [3.63, 3.8) is 0 Å². The zero-order valence-electron chi connectivity index (χ0n) is 20.6. The molecule has 10 nitrogen and oxygen atoms in total. The zero-order valence-corrected chi connectivity index (χ0v) is 20.6. The Morgan fingerprint density at radius 3 is 2.97 bits per heavy atom. The molecule has 1 atom stereocenters. The molecular weight excluding hydrogens is 489 g/mol. The maximum absolute atomic E-state index is 13.7. The van der Waals surface area contributed by atoms with Crippen LogP contribution in [0.4, 0.5) is 21.6 Å². The summed E-state index contributed by atoms with van der Waals surface area (Å²) in [6.45, 7) is 2.29. The lowest BCUT2D eigenvalue weighted by Crippen LogP contribution is -2.52. The summed E-state index contributed by atoms with van der Waals surface area (Å²) in [5, 5.41) is 6.25. The molecule has 1 saturated heterocycles. The number of pyridine rings is 2. The van der Waals surface area contributed by atoms with Gasteiger partial charge in [-0.3, -0.25) is 14.0 Å². The third-order valence-corrected chi connectivity index (χ3v) is 7.42. The zero-order chi connectivity index (χ0) is 26.0. The van der Waals surface area contributed by atoms with Crippen LogP contribution < -0.4 is 15.5 Å². The third-order valence-electron chi connectivity index (χ3n) is 7.42. The van der Waals surface area contributed by atoms with Crippen molar-refractivity contribution in [2.45, 2.75) is 19.1 Å².